The molecule has 0 aliphatic rings. The molecule has 1 aromatic rings. The van der Waals surface area contributed by atoms with Crippen LogP contribution in [0.1, 0.15) is 57.0 Å². The van der Waals surface area contributed by atoms with E-state index in [4.69, 9.17) is 4.74 Å². The monoisotopic (exact) mass is 269 g/mol. The van der Waals surface area contributed by atoms with Gasteiger partial charge < -0.3 is 10.1 Å². The maximum absolute atomic E-state index is 6.15. The van der Waals surface area contributed by atoms with Crippen molar-refractivity contribution < 1.29 is 4.74 Å². The Bertz CT molecular complexity index is 344. The zero-order chi connectivity index (χ0) is 13.6. The first kappa shape index (κ1) is 15.7. The van der Waals surface area contributed by atoms with E-state index in [1.807, 2.05) is 11.3 Å². The summed E-state index contributed by atoms with van der Waals surface area (Å²) in [5.74, 6) is 0. The quantitative estimate of drug-likeness (QED) is 0.759. The van der Waals surface area contributed by atoms with Gasteiger partial charge in [-0.3, -0.25) is 0 Å². The van der Waals surface area contributed by atoms with Gasteiger partial charge in [0.15, 0.2) is 0 Å². The Morgan fingerprint density at radius 2 is 1.94 bits per heavy atom. The highest BCUT2D eigenvalue weighted by atomic mass is 32.1. The molecule has 0 saturated carbocycles. The number of hydrogen-bond acceptors (Lipinski definition) is 3. The van der Waals surface area contributed by atoms with E-state index in [2.05, 4.69) is 51.4 Å². The molecule has 0 bridgehead atoms. The van der Waals surface area contributed by atoms with Gasteiger partial charge in [-0.15, -0.1) is 11.3 Å². The fourth-order valence-corrected chi connectivity index (χ4v) is 3.39. The lowest BCUT2D eigenvalue weighted by molar-refractivity contribution is -0.0729. The van der Waals surface area contributed by atoms with Gasteiger partial charge >= 0.3 is 0 Å². The van der Waals surface area contributed by atoms with E-state index >= 15 is 0 Å². The van der Waals surface area contributed by atoms with Gasteiger partial charge in [0.25, 0.3) is 0 Å². The summed E-state index contributed by atoms with van der Waals surface area (Å²) in [6.07, 6.45) is 2.06. The van der Waals surface area contributed by atoms with E-state index in [-0.39, 0.29) is 5.60 Å². The summed E-state index contributed by atoms with van der Waals surface area (Å²) < 4.78 is 6.15. The third-order valence-corrected chi connectivity index (χ3v) is 4.53. The fourth-order valence-electron chi connectivity index (χ4n) is 2.66. The van der Waals surface area contributed by atoms with E-state index in [9.17, 15) is 0 Å². The molecule has 0 spiro atoms. The number of nitrogens with one attached hydrogen (secondary N) is 1. The van der Waals surface area contributed by atoms with Gasteiger partial charge in [0, 0.05) is 11.5 Å². The van der Waals surface area contributed by atoms with Crippen molar-refractivity contribution in [2.45, 2.75) is 59.1 Å². The molecule has 1 N–H and O–H groups in total. The number of hydrogen-bond donors (Lipinski definition) is 1. The van der Waals surface area contributed by atoms with Gasteiger partial charge in [-0.2, -0.15) is 0 Å². The first-order chi connectivity index (χ1) is 8.63. The molecular formula is C15H27NOS. The molecule has 1 aromatic heterocycles. The largest absolute Gasteiger partial charge is 0.373 e. The Balaban J connectivity index is 3.07. The fraction of sp³-hybridized carbons (Fsp3) is 0.733. The zero-order valence-corrected chi connectivity index (χ0v) is 13.2. The number of ether oxygens (including phenoxy) is 1. The maximum Gasteiger partial charge on any atom is 0.0871 e. The molecule has 0 amide bonds. The second kappa shape index (κ2) is 7.27. The molecule has 1 rings (SSSR count). The van der Waals surface area contributed by atoms with E-state index in [0.717, 1.165) is 26.0 Å². The minimum atomic E-state index is -0.0850. The Morgan fingerprint density at radius 1 is 1.28 bits per heavy atom. The van der Waals surface area contributed by atoms with Crippen LogP contribution in [0.4, 0.5) is 0 Å². The van der Waals surface area contributed by atoms with Crippen LogP contribution in [0.3, 0.4) is 0 Å². The van der Waals surface area contributed by atoms with Crippen molar-refractivity contribution >= 4 is 11.3 Å². The van der Waals surface area contributed by atoms with Crippen molar-refractivity contribution in [3.8, 4) is 0 Å². The highest BCUT2D eigenvalue weighted by Crippen LogP contribution is 2.37. The molecule has 0 aliphatic carbocycles. The SMILES string of the molecule is CCNC(c1csc(C)c1)C(CC)(CC)OCC. The molecule has 18 heavy (non-hydrogen) atoms. The van der Waals surface area contributed by atoms with Crippen LogP contribution in [0.15, 0.2) is 11.4 Å². The maximum atomic E-state index is 6.15. The standard InChI is InChI=1S/C15H27NOS/c1-6-15(7-2,17-9-4)14(16-8-3)13-10-12(5)18-11-13/h10-11,14,16H,6-9H2,1-5H3. The minimum Gasteiger partial charge on any atom is -0.373 e. The summed E-state index contributed by atoms with van der Waals surface area (Å²) in [4.78, 5) is 1.37. The average molecular weight is 269 g/mol. The van der Waals surface area contributed by atoms with E-state index in [1.165, 1.54) is 10.4 Å². The van der Waals surface area contributed by atoms with Crippen molar-refractivity contribution in [1.82, 2.24) is 5.32 Å². The lowest BCUT2D eigenvalue weighted by Crippen LogP contribution is -2.45. The molecular weight excluding hydrogens is 242 g/mol. The average Bonchev–Trinajstić information content (AvgIpc) is 2.80. The summed E-state index contributed by atoms with van der Waals surface area (Å²) >= 11 is 1.82. The van der Waals surface area contributed by atoms with Crippen LogP contribution < -0.4 is 5.32 Å². The Morgan fingerprint density at radius 3 is 2.33 bits per heavy atom. The predicted molar refractivity (Wildman–Crippen MR) is 80.4 cm³/mol. The zero-order valence-electron chi connectivity index (χ0n) is 12.4. The normalized spacial score (nSPS) is 13.8. The van der Waals surface area contributed by atoms with Crippen molar-refractivity contribution in [3.05, 3.63) is 21.9 Å². The van der Waals surface area contributed by atoms with Crippen LogP contribution >= 0.6 is 11.3 Å². The van der Waals surface area contributed by atoms with E-state index < -0.39 is 0 Å². The molecule has 0 aromatic carbocycles. The Kier molecular flexibility index (Phi) is 6.33. The lowest BCUT2D eigenvalue weighted by Gasteiger charge is -2.39. The van der Waals surface area contributed by atoms with Crippen LogP contribution in [0.2, 0.25) is 0 Å². The molecule has 0 radical (unpaired) electrons. The van der Waals surface area contributed by atoms with Crippen molar-refractivity contribution in [3.63, 3.8) is 0 Å². The summed E-state index contributed by atoms with van der Waals surface area (Å²) in [7, 11) is 0. The number of rotatable bonds is 8. The molecule has 1 unspecified atom stereocenters. The highest BCUT2D eigenvalue weighted by molar-refractivity contribution is 7.10. The molecule has 0 fully saturated rings. The van der Waals surface area contributed by atoms with Crippen LogP contribution in [-0.4, -0.2) is 18.8 Å². The predicted octanol–water partition coefficient (Wildman–Crippen LogP) is 4.30. The van der Waals surface area contributed by atoms with Gasteiger partial charge in [0.05, 0.1) is 11.6 Å². The van der Waals surface area contributed by atoms with Crippen LogP contribution in [0, 0.1) is 6.92 Å². The van der Waals surface area contributed by atoms with Gasteiger partial charge in [0.1, 0.15) is 0 Å². The van der Waals surface area contributed by atoms with E-state index in [0.29, 0.717) is 6.04 Å². The third kappa shape index (κ3) is 3.34. The van der Waals surface area contributed by atoms with Crippen LogP contribution in [0.25, 0.3) is 0 Å². The summed E-state index contributed by atoms with van der Waals surface area (Å²) in [5.41, 5.74) is 1.29. The minimum absolute atomic E-state index is 0.0850. The van der Waals surface area contributed by atoms with Crippen molar-refractivity contribution in [2.24, 2.45) is 0 Å². The van der Waals surface area contributed by atoms with Crippen molar-refractivity contribution in [1.29, 1.82) is 0 Å². The second-order valence-corrected chi connectivity index (χ2v) is 5.80. The third-order valence-electron chi connectivity index (χ3n) is 3.65. The van der Waals surface area contributed by atoms with Crippen LogP contribution in [-0.2, 0) is 4.74 Å². The van der Waals surface area contributed by atoms with Crippen molar-refractivity contribution in [2.75, 3.05) is 13.2 Å². The summed E-state index contributed by atoms with van der Waals surface area (Å²) in [6, 6.07) is 2.58. The topological polar surface area (TPSA) is 21.3 Å². The molecule has 2 nitrogen and oxygen atoms in total. The number of thiophene rings is 1. The van der Waals surface area contributed by atoms with Crippen LogP contribution in [0.5, 0.6) is 0 Å². The lowest BCUT2D eigenvalue weighted by atomic mass is 9.84. The van der Waals surface area contributed by atoms with Gasteiger partial charge in [0.2, 0.25) is 0 Å². The molecule has 0 aliphatic heterocycles. The number of likely N-dealkylation sites (N-methyl/N-ethyl adjacent to an activating group) is 1. The first-order valence-corrected chi connectivity index (χ1v) is 7.93. The molecule has 1 heterocycles. The van der Waals surface area contributed by atoms with Gasteiger partial charge in [-0.25, -0.2) is 0 Å². The summed E-state index contributed by atoms with van der Waals surface area (Å²) in [6.45, 7) is 12.6. The number of aryl methyl sites for hydroxylation is 1. The second-order valence-electron chi connectivity index (χ2n) is 4.69. The van der Waals surface area contributed by atoms with Gasteiger partial charge in [-0.05, 0) is 50.2 Å². The molecule has 1 atom stereocenters. The smallest absolute Gasteiger partial charge is 0.0871 e. The Labute approximate surface area is 116 Å². The first-order valence-electron chi connectivity index (χ1n) is 7.05. The molecule has 104 valence electrons. The molecule has 3 heteroatoms. The Hall–Kier alpha value is -0.380. The van der Waals surface area contributed by atoms with Gasteiger partial charge in [-0.1, -0.05) is 20.8 Å². The molecule has 0 saturated heterocycles. The highest BCUT2D eigenvalue weighted by Gasteiger charge is 2.37. The van der Waals surface area contributed by atoms with E-state index in [1.54, 1.807) is 0 Å². The summed E-state index contributed by atoms with van der Waals surface area (Å²) in [5, 5.41) is 5.89.